The molecule has 0 saturated carbocycles. The number of methoxy groups -OCH3 is 1. The number of ether oxygens (including phenoxy) is 1. The number of carbonyl (C=O) groups is 1. The van der Waals surface area contributed by atoms with Crippen molar-refractivity contribution >= 4 is 5.91 Å². The molecular weight excluding hydrogens is 232 g/mol. The third-order valence-electron chi connectivity index (χ3n) is 3.23. The van der Waals surface area contributed by atoms with Gasteiger partial charge < -0.3 is 10.1 Å². The summed E-state index contributed by atoms with van der Waals surface area (Å²) in [7, 11) is 1.62. The Balaban J connectivity index is 2.28. The second-order valence-electron chi connectivity index (χ2n) is 4.43. The van der Waals surface area contributed by atoms with E-state index in [0.29, 0.717) is 19.7 Å². The number of rotatable bonds is 6. The number of nitrogens with one attached hydrogen (secondary N) is 1. The van der Waals surface area contributed by atoms with Gasteiger partial charge in [0.25, 0.3) is 0 Å². The van der Waals surface area contributed by atoms with Crippen molar-refractivity contribution in [2.75, 3.05) is 53.0 Å². The first-order valence-electron chi connectivity index (χ1n) is 6.29. The van der Waals surface area contributed by atoms with E-state index in [0.717, 1.165) is 26.2 Å². The van der Waals surface area contributed by atoms with Gasteiger partial charge >= 0.3 is 0 Å². The second-order valence-corrected chi connectivity index (χ2v) is 4.43. The van der Waals surface area contributed by atoms with Crippen LogP contribution in [0.15, 0.2) is 0 Å². The van der Waals surface area contributed by atoms with Crippen LogP contribution < -0.4 is 5.32 Å². The number of piperazine rings is 1. The standard InChI is InChI=1S/C12H22N4O2/c1-11(12(17)14-4-10-18-2)16-8-6-15(5-3-13)7-9-16/h11H,4-10H2,1-2H3,(H,14,17). The molecule has 1 N–H and O–H groups in total. The maximum Gasteiger partial charge on any atom is 0.237 e. The molecule has 0 bridgehead atoms. The van der Waals surface area contributed by atoms with Gasteiger partial charge in [-0.1, -0.05) is 0 Å². The Morgan fingerprint density at radius 2 is 2.11 bits per heavy atom. The summed E-state index contributed by atoms with van der Waals surface area (Å²) in [5.74, 6) is 0.0424. The van der Waals surface area contributed by atoms with Crippen molar-refractivity contribution in [3.63, 3.8) is 0 Å². The van der Waals surface area contributed by atoms with Gasteiger partial charge in [-0.2, -0.15) is 5.26 Å². The molecule has 1 aliphatic heterocycles. The summed E-state index contributed by atoms with van der Waals surface area (Å²) in [6.45, 7) is 6.85. The SMILES string of the molecule is COCCNC(=O)C(C)N1CCN(CC#N)CC1. The predicted molar refractivity (Wildman–Crippen MR) is 68.0 cm³/mol. The zero-order valence-electron chi connectivity index (χ0n) is 11.2. The summed E-state index contributed by atoms with van der Waals surface area (Å²) in [6, 6.07) is 2.03. The van der Waals surface area contributed by atoms with E-state index in [9.17, 15) is 4.79 Å². The monoisotopic (exact) mass is 254 g/mol. The van der Waals surface area contributed by atoms with E-state index < -0.39 is 0 Å². The highest BCUT2D eigenvalue weighted by Gasteiger charge is 2.24. The topological polar surface area (TPSA) is 68.6 Å². The average Bonchev–Trinajstić information content (AvgIpc) is 2.39. The molecule has 6 nitrogen and oxygen atoms in total. The minimum Gasteiger partial charge on any atom is -0.383 e. The summed E-state index contributed by atoms with van der Waals surface area (Å²) in [4.78, 5) is 16.1. The fourth-order valence-corrected chi connectivity index (χ4v) is 2.00. The van der Waals surface area contributed by atoms with Crippen LogP contribution in [0.3, 0.4) is 0 Å². The van der Waals surface area contributed by atoms with Gasteiger partial charge in [0.15, 0.2) is 0 Å². The Labute approximate surface area is 108 Å². The minimum atomic E-state index is -0.119. The van der Waals surface area contributed by atoms with Crippen molar-refractivity contribution in [3.8, 4) is 6.07 Å². The first kappa shape index (κ1) is 14.9. The number of hydrogen-bond acceptors (Lipinski definition) is 5. The van der Waals surface area contributed by atoms with Crippen LogP contribution in [0.4, 0.5) is 0 Å². The van der Waals surface area contributed by atoms with Gasteiger partial charge in [0.05, 0.1) is 25.3 Å². The van der Waals surface area contributed by atoms with Crippen LogP contribution in [0.2, 0.25) is 0 Å². The van der Waals surface area contributed by atoms with Gasteiger partial charge in [-0.3, -0.25) is 14.6 Å². The van der Waals surface area contributed by atoms with Crippen molar-refractivity contribution in [1.82, 2.24) is 15.1 Å². The van der Waals surface area contributed by atoms with Crippen molar-refractivity contribution in [2.24, 2.45) is 0 Å². The molecule has 1 heterocycles. The van der Waals surface area contributed by atoms with E-state index in [1.165, 1.54) is 0 Å². The Morgan fingerprint density at radius 3 is 2.67 bits per heavy atom. The van der Waals surface area contributed by atoms with Crippen molar-refractivity contribution in [2.45, 2.75) is 13.0 Å². The highest BCUT2D eigenvalue weighted by atomic mass is 16.5. The maximum atomic E-state index is 11.9. The molecule has 1 fully saturated rings. The summed E-state index contributed by atoms with van der Waals surface area (Å²) < 4.78 is 4.89. The van der Waals surface area contributed by atoms with E-state index >= 15 is 0 Å². The van der Waals surface area contributed by atoms with Crippen LogP contribution >= 0.6 is 0 Å². The maximum absolute atomic E-state index is 11.9. The van der Waals surface area contributed by atoms with Crippen LogP contribution in [0.1, 0.15) is 6.92 Å². The summed E-state index contributed by atoms with van der Waals surface area (Å²) in [6.07, 6.45) is 0. The molecule has 1 saturated heterocycles. The second kappa shape index (κ2) is 8.03. The van der Waals surface area contributed by atoms with Crippen molar-refractivity contribution < 1.29 is 9.53 Å². The molecule has 1 atom stereocenters. The zero-order valence-corrected chi connectivity index (χ0v) is 11.2. The zero-order chi connectivity index (χ0) is 13.4. The first-order chi connectivity index (χ1) is 8.69. The third kappa shape index (κ3) is 4.61. The summed E-state index contributed by atoms with van der Waals surface area (Å²) in [5.41, 5.74) is 0. The highest BCUT2D eigenvalue weighted by molar-refractivity contribution is 5.81. The van der Waals surface area contributed by atoms with E-state index in [-0.39, 0.29) is 11.9 Å². The average molecular weight is 254 g/mol. The molecule has 0 aromatic heterocycles. The molecule has 1 unspecified atom stereocenters. The largest absolute Gasteiger partial charge is 0.383 e. The molecule has 0 spiro atoms. The van der Waals surface area contributed by atoms with Crippen molar-refractivity contribution in [3.05, 3.63) is 0 Å². The molecule has 6 heteroatoms. The number of amides is 1. The van der Waals surface area contributed by atoms with Gasteiger partial charge in [0.1, 0.15) is 0 Å². The van der Waals surface area contributed by atoms with Gasteiger partial charge in [-0.15, -0.1) is 0 Å². The smallest absolute Gasteiger partial charge is 0.237 e. The molecule has 0 radical (unpaired) electrons. The van der Waals surface area contributed by atoms with E-state index in [2.05, 4.69) is 21.2 Å². The van der Waals surface area contributed by atoms with Crippen LogP contribution in [-0.4, -0.2) is 74.7 Å². The Kier molecular flexibility index (Phi) is 6.65. The third-order valence-corrected chi connectivity index (χ3v) is 3.23. The lowest BCUT2D eigenvalue weighted by Gasteiger charge is -2.36. The fraction of sp³-hybridized carbons (Fsp3) is 0.833. The van der Waals surface area contributed by atoms with Crippen LogP contribution in [0.25, 0.3) is 0 Å². The van der Waals surface area contributed by atoms with Crippen LogP contribution in [0, 0.1) is 11.3 Å². The molecule has 1 aliphatic rings. The Bertz CT molecular complexity index is 295. The Hall–Kier alpha value is -1.16. The van der Waals surface area contributed by atoms with Crippen LogP contribution in [-0.2, 0) is 9.53 Å². The molecule has 18 heavy (non-hydrogen) atoms. The lowest BCUT2D eigenvalue weighted by atomic mass is 10.2. The molecule has 0 aromatic carbocycles. The quantitative estimate of drug-likeness (QED) is 0.500. The van der Waals surface area contributed by atoms with Gasteiger partial charge in [-0.25, -0.2) is 0 Å². The normalized spacial score (nSPS) is 19.2. The lowest BCUT2D eigenvalue weighted by Crippen LogP contribution is -2.54. The predicted octanol–water partition coefficient (Wildman–Crippen LogP) is -0.721. The van der Waals surface area contributed by atoms with Gasteiger partial charge in [0.2, 0.25) is 5.91 Å². The number of nitrogens with zero attached hydrogens (tertiary/aromatic N) is 3. The summed E-state index contributed by atoms with van der Waals surface area (Å²) in [5, 5.41) is 11.5. The van der Waals surface area contributed by atoms with E-state index in [1.54, 1.807) is 7.11 Å². The number of nitriles is 1. The molecule has 102 valence electrons. The molecule has 1 amide bonds. The molecular formula is C12H22N4O2. The highest BCUT2D eigenvalue weighted by Crippen LogP contribution is 2.06. The van der Waals surface area contributed by atoms with Crippen molar-refractivity contribution in [1.29, 1.82) is 5.26 Å². The fourth-order valence-electron chi connectivity index (χ4n) is 2.00. The Morgan fingerprint density at radius 1 is 1.44 bits per heavy atom. The molecule has 0 aliphatic carbocycles. The van der Waals surface area contributed by atoms with Gasteiger partial charge in [-0.05, 0) is 6.92 Å². The van der Waals surface area contributed by atoms with E-state index in [4.69, 9.17) is 10.00 Å². The summed E-state index contributed by atoms with van der Waals surface area (Å²) >= 11 is 0. The van der Waals surface area contributed by atoms with Gasteiger partial charge in [0, 0.05) is 39.8 Å². The lowest BCUT2D eigenvalue weighted by molar-refractivity contribution is -0.126. The van der Waals surface area contributed by atoms with Crippen LogP contribution in [0.5, 0.6) is 0 Å². The first-order valence-corrected chi connectivity index (χ1v) is 6.29. The number of hydrogen-bond donors (Lipinski definition) is 1. The van der Waals surface area contributed by atoms with E-state index in [1.807, 2.05) is 6.92 Å². The molecule has 1 rings (SSSR count). The molecule has 0 aromatic rings. The minimum absolute atomic E-state index is 0.0424. The number of carbonyl (C=O) groups excluding carboxylic acids is 1.